The summed E-state index contributed by atoms with van der Waals surface area (Å²) in [5.41, 5.74) is 3.00. The van der Waals surface area contributed by atoms with Gasteiger partial charge in [0.2, 0.25) is 0 Å². The van der Waals surface area contributed by atoms with Gasteiger partial charge in [0.05, 0.1) is 11.1 Å². The fraction of sp³-hybridized carbons (Fsp3) is 0.0732. The molecular weight excluding hydrogens is 556 g/mol. The van der Waals surface area contributed by atoms with Crippen LogP contribution in [0.5, 0.6) is 0 Å². The Morgan fingerprint density at radius 2 is 0.800 bits per heavy atom. The fourth-order valence-electron chi connectivity index (χ4n) is 5.62. The van der Waals surface area contributed by atoms with Crippen LogP contribution in [0.15, 0.2) is 121 Å². The number of carboxylic acids is 2. The van der Waals surface area contributed by atoms with E-state index in [-0.39, 0.29) is 11.1 Å². The van der Waals surface area contributed by atoms with Crippen molar-refractivity contribution in [1.29, 1.82) is 0 Å². The standard InChI is InChI=1S/C41H28O4/c1-41(2,37-25-29(17-21-35(37)39(42)43)13-11-27-15-19-31-7-3-5-9-33(31)23-27)38-26-30(18-22-36(38)40(44)45)14-12-28-16-20-32-8-4-6-10-34(32)24-28/h3-10,15-26H,1-2H3,(H,42,43)(H,44,45). The van der Waals surface area contributed by atoms with Crippen LogP contribution in [-0.2, 0) is 5.41 Å². The van der Waals surface area contributed by atoms with Crippen LogP contribution in [-0.4, -0.2) is 22.2 Å². The second-order valence-electron chi connectivity index (χ2n) is 11.4. The number of hydrogen-bond acceptors (Lipinski definition) is 2. The van der Waals surface area contributed by atoms with Gasteiger partial charge in [-0.3, -0.25) is 0 Å². The molecule has 0 saturated carbocycles. The number of hydrogen-bond donors (Lipinski definition) is 2. The summed E-state index contributed by atoms with van der Waals surface area (Å²) in [5, 5.41) is 24.6. The van der Waals surface area contributed by atoms with Crippen LogP contribution < -0.4 is 0 Å². The summed E-state index contributed by atoms with van der Waals surface area (Å²) in [5.74, 6) is 10.5. The molecule has 0 aromatic heterocycles. The molecule has 45 heavy (non-hydrogen) atoms. The van der Waals surface area contributed by atoms with Crippen LogP contribution in [0.25, 0.3) is 21.5 Å². The van der Waals surface area contributed by atoms with E-state index in [1.165, 1.54) is 12.1 Å². The van der Waals surface area contributed by atoms with Gasteiger partial charge in [-0.2, -0.15) is 0 Å². The number of benzene rings is 6. The molecule has 6 aromatic carbocycles. The third kappa shape index (κ3) is 6.04. The van der Waals surface area contributed by atoms with E-state index in [0.29, 0.717) is 22.3 Å². The minimum Gasteiger partial charge on any atom is -0.478 e. The molecule has 4 nitrogen and oxygen atoms in total. The lowest BCUT2D eigenvalue weighted by atomic mass is 9.73. The minimum absolute atomic E-state index is 0.0836. The summed E-state index contributed by atoms with van der Waals surface area (Å²) in [6.45, 7) is 3.66. The predicted molar refractivity (Wildman–Crippen MR) is 179 cm³/mol. The minimum atomic E-state index is -1.10. The molecule has 6 rings (SSSR count). The molecule has 0 radical (unpaired) electrons. The lowest BCUT2D eigenvalue weighted by Gasteiger charge is -2.29. The van der Waals surface area contributed by atoms with Crippen molar-refractivity contribution in [2.45, 2.75) is 19.3 Å². The molecule has 0 atom stereocenters. The number of aromatic carboxylic acids is 2. The second kappa shape index (κ2) is 11.9. The summed E-state index contributed by atoms with van der Waals surface area (Å²) in [7, 11) is 0. The second-order valence-corrected chi connectivity index (χ2v) is 11.4. The molecule has 0 aliphatic rings. The average molecular weight is 585 g/mol. The van der Waals surface area contributed by atoms with E-state index < -0.39 is 17.4 Å². The Balaban J connectivity index is 1.41. The summed E-state index contributed by atoms with van der Waals surface area (Å²) >= 11 is 0. The van der Waals surface area contributed by atoms with Gasteiger partial charge in [-0.05, 0) is 93.3 Å². The molecule has 0 fully saturated rings. The van der Waals surface area contributed by atoms with Crippen molar-refractivity contribution in [1.82, 2.24) is 0 Å². The molecule has 4 heteroatoms. The van der Waals surface area contributed by atoms with E-state index in [1.807, 2.05) is 98.8 Å². The molecule has 0 aliphatic carbocycles. The molecule has 216 valence electrons. The molecule has 6 aromatic rings. The molecule has 0 amide bonds. The van der Waals surface area contributed by atoms with Crippen molar-refractivity contribution in [2.24, 2.45) is 0 Å². The molecule has 0 saturated heterocycles. The van der Waals surface area contributed by atoms with Gasteiger partial charge in [0, 0.05) is 27.7 Å². The Hall–Kier alpha value is -6.10. The van der Waals surface area contributed by atoms with Crippen molar-refractivity contribution in [3.8, 4) is 23.7 Å². The van der Waals surface area contributed by atoms with E-state index >= 15 is 0 Å². The van der Waals surface area contributed by atoms with Gasteiger partial charge in [-0.1, -0.05) is 98.2 Å². The Morgan fingerprint density at radius 1 is 0.467 bits per heavy atom. The first kappa shape index (κ1) is 29.0. The lowest BCUT2D eigenvalue weighted by molar-refractivity contribution is 0.0686. The van der Waals surface area contributed by atoms with Crippen molar-refractivity contribution >= 4 is 33.5 Å². The van der Waals surface area contributed by atoms with Gasteiger partial charge in [0.15, 0.2) is 0 Å². The van der Waals surface area contributed by atoms with E-state index in [2.05, 4.69) is 23.7 Å². The molecule has 0 spiro atoms. The smallest absolute Gasteiger partial charge is 0.335 e. The van der Waals surface area contributed by atoms with Gasteiger partial charge < -0.3 is 10.2 Å². The summed E-state index contributed by atoms with van der Waals surface area (Å²) < 4.78 is 0. The zero-order valence-corrected chi connectivity index (χ0v) is 24.8. The van der Waals surface area contributed by atoms with Crippen LogP contribution >= 0.6 is 0 Å². The van der Waals surface area contributed by atoms with Crippen LogP contribution in [0.2, 0.25) is 0 Å². The van der Waals surface area contributed by atoms with Gasteiger partial charge in [-0.15, -0.1) is 0 Å². The molecular formula is C41H28O4. The molecule has 2 N–H and O–H groups in total. The van der Waals surface area contributed by atoms with E-state index in [9.17, 15) is 19.8 Å². The maximum atomic E-state index is 12.4. The van der Waals surface area contributed by atoms with E-state index in [1.54, 1.807) is 24.3 Å². The number of fused-ring (bicyclic) bond motifs is 2. The van der Waals surface area contributed by atoms with Crippen LogP contribution in [0.4, 0.5) is 0 Å². The summed E-state index contributed by atoms with van der Waals surface area (Å²) in [6.07, 6.45) is 0. The third-order valence-electron chi connectivity index (χ3n) is 8.05. The zero-order valence-electron chi connectivity index (χ0n) is 24.8. The zero-order chi connectivity index (χ0) is 31.6. The lowest BCUT2D eigenvalue weighted by Crippen LogP contribution is -2.25. The van der Waals surface area contributed by atoms with Crippen LogP contribution in [0.3, 0.4) is 0 Å². The Bertz CT molecular complexity index is 2110. The largest absolute Gasteiger partial charge is 0.478 e. The Labute approximate surface area is 261 Å². The number of rotatable bonds is 4. The first-order valence-corrected chi connectivity index (χ1v) is 14.5. The van der Waals surface area contributed by atoms with Gasteiger partial charge in [0.25, 0.3) is 0 Å². The highest BCUT2D eigenvalue weighted by atomic mass is 16.4. The first-order chi connectivity index (χ1) is 21.7. The maximum Gasteiger partial charge on any atom is 0.335 e. The highest BCUT2D eigenvalue weighted by Gasteiger charge is 2.32. The van der Waals surface area contributed by atoms with E-state index in [0.717, 1.165) is 32.7 Å². The Kier molecular flexibility index (Phi) is 7.66. The molecule has 0 unspecified atom stereocenters. The fourth-order valence-corrected chi connectivity index (χ4v) is 5.62. The van der Waals surface area contributed by atoms with Crippen molar-refractivity contribution in [2.75, 3.05) is 0 Å². The summed E-state index contributed by atoms with van der Waals surface area (Å²) in [4.78, 5) is 24.8. The van der Waals surface area contributed by atoms with Gasteiger partial charge >= 0.3 is 11.9 Å². The van der Waals surface area contributed by atoms with Crippen molar-refractivity contribution in [3.63, 3.8) is 0 Å². The number of carbonyl (C=O) groups is 2. The summed E-state index contributed by atoms with van der Waals surface area (Å²) in [6, 6.07) is 38.0. The maximum absolute atomic E-state index is 12.4. The Morgan fingerprint density at radius 3 is 1.18 bits per heavy atom. The first-order valence-electron chi connectivity index (χ1n) is 14.5. The average Bonchev–Trinajstić information content (AvgIpc) is 3.05. The van der Waals surface area contributed by atoms with Crippen LogP contribution in [0, 0.1) is 23.7 Å². The normalized spacial score (nSPS) is 10.9. The van der Waals surface area contributed by atoms with Crippen molar-refractivity contribution < 1.29 is 19.8 Å². The van der Waals surface area contributed by atoms with Gasteiger partial charge in [0.1, 0.15) is 0 Å². The van der Waals surface area contributed by atoms with Crippen molar-refractivity contribution in [3.05, 3.63) is 166 Å². The SMILES string of the molecule is CC(C)(c1cc(C#Cc2ccc3ccccc3c2)ccc1C(=O)O)c1cc(C#Cc2ccc3ccccc3c2)ccc1C(=O)O. The quantitative estimate of drug-likeness (QED) is 0.204. The molecule has 0 heterocycles. The third-order valence-corrected chi connectivity index (χ3v) is 8.05. The molecule has 0 aliphatic heterocycles. The van der Waals surface area contributed by atoms with E-state index in [4.69, 9.17) is 0 Å². The predicted octanol–water partition coefficient (Wildman–Crippen LogP) is 8.51. The molecule has 0 bridgehead atoms. The monoisotopic (exact) mass is 584 g/mol. The topological polar surface area (TPSA) is 74.6 Å². The highest BCUT2D eigenvalue weighted by Crippen LogP contribution is 2.37. The highest BCUT2D eigenvalue weighted by molar-refractivity contribution is 5.93. The van der Waals surface area contributed by atoms with Gasteiger partial charge in [-0.25, -0.2) is 9.59 Å². The van der Waals surface area contributed by atoms with Crippen LogP contribution in [0.1, 0.15) is 67.9 Å². The number of carboxylic acid groups (broad SMARTS) is 2.